The fourth-order valence-electron chi connectivity index (χ4n) is 2.96. The summed E-state index contributed by atoms with van der Waals surface area (Å²) in [5.74, 6) is 1.29. The van der Waals surface area contributed by atoms with Crippen LogP contribution in [-0.2, 0) is 24.1 Å². The molecule has 0 radical (unpaired) electrons. The van der Waals surface area contributed by atoms with E-state index >= 15 is 0 Å². The van der Waals surface area contributed by atoms with E-state index in [0.717, 1.165) is 42.7 Å². The average Bonchev–Trinajstić information content (AvgIpc) is 3.02. The lowest BCUT2D eigenvalue weighted by atomic mass is 10.1. The molecule has 1 aliphatic heterocycles. The van der Waals surface area contributed by atoms with Crippen molar-refractivity contribution in [2.75, 3.05) is 19.7 Å². The van der Waals surface area contributed by atoms with Gasteiger partial charge in [-0.25, -0.2) is 9.79 Å². The molecule has 26 heavy (non-hydrogen) atoms. The first kappa shape index (κ1) is 22.5. The van der Waals surface area contributed by atoms with Gasteiger partial charge in [-0.05, 0) is 26.2 Å². The molecule has 0 unspecified atom stereocenters. The number of nitrogens with two attached hydrogens (primary N) is 1. The topological polar surface area (TPSA) is 106 Å². The lowest BCUT2D eigenvalue weighted by Gasteiger charge is -2.31. The van der Waals surface area contributed by atoms with Gasteiger partial charge in [-0.15, -0.1) is 24.0 Å². The minimum atomic E-state index is -0.241. The standard InChI is InChI=1S/C17H29N5O3.HI/c1-4-14-13(15(5-2)25-21-14)11-19-16(18)20-12-7-9-22(10-8-12)17(23)24-6-3;/h12H,4-11H2,1-3H3,(H3,18,19,20);1H. The van der Waals surface area contributed by atoms with E-state index in [1.807, 2.05) is 20.8 Å². The lowest BCUT2D eigenvalue weighted by molar-refractivity contribution is 0.0963. The molecule has 1 saturated heterocycles. The number of halogens is 1. The van der Waals surface area contributed by atoms with E-state index in [9.17, 15) is 4.79 Å². The van der Waals surface area contributed by atoms with E-state index in [0.29, 0.717) is 32.2 Å². The minimum absolute atomic E-state index is 0. The summed E-state index contributed by atoms with van der Waals surface area (Å²) in [5, 5.41) is 7.33. The third-order valence-electron chi connectivity index (χ3n) is 4.39. The Kier molecular flexibility index (Phi) is 9.74. The zero-order chi connectivity index (χ0) is 18.2. The molecule has 1 amide bonds. The van der Waals surface area contributed by atoms with Crippen LogP contribution >= 0.6 is 24.0 Å². The predicted octanol–water partition coefficient (Wildman–Crippen LogP) is 2.44. The molecule has 2 rings (SSSR count). The summed E-state index contributed by atoms with van der Waals surface area (Å²) in [6.45, 7) is 8.09. The average molecular weight is 479 g/mol. The first-order valence-electron chi connectivity index (χ1n) is 9.03. The Hall–Kier alpha value is -1.52. The molecule has 0 saturated carbocycles. The molecule has 0 aromatic carbocycles. The summed E-state index contributed by atoms with van der Waals surface area (Å²) in [7, 11) is 0. The first-order valence-corrected chi connectivity index (χ1v) is 9.03. The fraction of sp³-hybridized carbons (Fsp3) is 0.706. The van der Waals surface area contributed by atoms with Gasteiger partial charge in [-0.2, -0.15) is 0 Å². The van der Waals surface area contributed by atoms with Crippen molar-refractivity contribution in [1.29, 1.82) is 0 Å². The molecule has 0 bridgehead atoms. The highest BCUT2D eigenvalue weighted by Crippen LogP contribution is 2.17. The van der Waals surface area contributed by atoms with Crippen LogP contribution in [0.5, 0.6) is 0 Å². The molecular formula is C17H30IN5O3. The highest BCUT2D eigenvalue weighted by molar-refractivity contribution is 14.0. The molecule has 1 aromatic heterocycles. The zero-order valence-electron chi connectivity index (χ0n) is 15.8. The second-order valence-electron chi connectivity index (χ2n) is 6.04. The Morgan fingerprint density at radius 3 is 2.62 bits per heavy atom. The normalized spacial score (nSPS) is 15.5. The Morgan fingerprint density at radius 2 is 2.04 bits per heavy atom. The summed E-state index contributed by atoms with van der Waals surface area (Å²) >= 11 is 0. The number of carbonyl (C=O) groups excluding carboxylic acids is 1. The van der Waals surface area contributed by atoms with Crippen molar-refractivity contribution in [3.63, 3.8) is 0 Å². The van der Waals surface area contributed by atoms with E-state index in [1.165, 1.54) is 0 Å². The Bertz CT molecular complexity index is 576. The van der Waals surface area contributed by atoms with Crippen LogP contribution in [0, 0.1) is 0 Å². The van der Waals surface area contributed by atoms with Crippen LogP contribution in [0.4, 0.5) is 4.79 Å². The highest BCUT2D eigenvalue weighted by atomic mass is 127. The van der Waals surface area contributed by atoms with Crippen LogP contribution in [0.3, 0.4) is 0 Å². The van der Waals surface area contributed by atoms with Crippen molar-refractivity contribution in [1.82, 2.24) is 15.4 Å². The molecule has 1 aliphatic rings. The van der Waals surface area contributed by atoms with E-state index in [-0.39, 0.29) is 36.1 Å². The van der Waals surface area contributed by atoms with Gasteiger partial charge in [-0.1, -0.05) is 19.0 Å². The van der Waals surface area contributed by atoms with E-state index in [4.69, 9.17) is 15.0 Å². The van der Waals surface area contributed by atoms with Crippen LogP contribution in [-0.4, -0.2) is 47.8 Å². The number of likely N-dealkylation sites (tertiary alicyclic amines) is 1. The molecule has 0 aliphatic carbocycles. The molecule has 1 aromatic rings. The molecule has 0 spiro atoms. The highest BCUT2D eigenvalue weighted by Gasteiger charge is 2.23. The molecule has 0 atom stereocenters. The lowest BCUT2D eigenvalue weighted by Crippen LogP contribution is -2.48. The number of hydrogen-bond donors (Lipinski definition) is 2. The van der Waals surface area contributed by atoms with Gasteiger partial charge in [0.25, 0.3) is 0 Å². The second kappa shape index (κ2) is 11.2. The molecule has 148 valence electrons. The number of nitrogens with one attached hydrogen (secondary N) is 1. The summed E-state index contributed by atoms with van der Waals surface area (Å²) in [6, 6.07) is 0.216. The van der Waals surface area contributed by atoms with Gasteiger partial charge in [0.2, 0.25) is 0 Å². The summed E-state index contributed by atoms with van der Waals surface area (Å²) in [6.07, 6.45) is 3.01. The third kappa shape index (κ3) is 6.03. The third-order valence-corrected chi connectivity index (χ3v) is 4.39. The van der Waals surface area contributed by atoms with Gasteiger partial charge >= 0.3 is 6.09 Å². The number of nitrogens with zero attached hydrogens (tertiary/aromatic N) is 3. The van der Waals surface area contributed by atoms with Crippen molar-refractivity contribution in [2.45, 2.75) is 59.0 Å². The maximum Gasteiger partial charge on any atom is 0.409 e. The van der Waals surface area contributed by atoms with Crippen LogP contribution in [0.1, 0.15) is 50.6 Å². The van der Waals surface area contributed by atoms with E-state index in [2.05, 4.69) is 15.5 Å². The van der Waals surface area contributed by atoms with Crippen LogP contribution in [0.2, 0.25) is 0 Å². The second-order valence-corrected chi connectivity index (χ2v) is 6.04. The number of carbonyl (C=O) groups is 1. The van der Waals surface area contributed by atoms with Gasteiger partial charge in [0.1, 0.15) is 5.76 Å². The SMILES string of the molecule is CCOC(=O)N1CCC(NC(N)=NCc2c(CC)noc2CC)CC1.I. The summed E-state index contributed by atoms with van der Waals surface area (Å²) in [5.41, 5.74) is 8.00. The molecular weight excluding hydrogens is 449 g/mol. The van der Waals surface area contributed by atoms with Crippen LogP contribution < -0.4 is 11.1 Å². The molecule has 1 fully saturated rings. The number of aliphatic imine (C=N–C) groups is 1. The number of rotatable bonds is 6. The quantitative estimate of drug-likeness (QED) is 0.369. The zero-order valence-corrected chi connectivity index (χ0v) is 18.1. The number of aryl methyl sites for hydroxylation is 2. The smallest absolute Gasteiger partial charge is 0.409 e. The molecule has 3 N–H and O–H groups in total. The minimum Gasteiger partial charge on any atom is -0.450 e. The van der Waals surface area contributed by atoms with E-state index in [1.54, 1.807) is 4.90 Å². The molecule has 8 nitrogen and oxygen atoms in total. The van der Waals surface area contributed by atoms with Gasteiger partial charge < -0.3 is 25.2 Å². The fourth-order valence-corrected chi connectivity index (χ4v) is 2.96. The van der Waals surface area contributed by atoms with Gasteiger partial charge in [-0.3, -0.25) is 0 Å². The van der Waals surface area contributed by atoms with Crippen LogP contribution in [0.15, 0.2) is 9.52 Å². The predicted molar refractivity (Wildman–Crippen MR) is 111 cm³/mol. The number of guanidine groups is 1. The number of hydrogen-bond acceptors (Lipinski definition) is 5. The van der Waals surface area contributed by atoms with E-state index < -0.39 is 0 Å². The van der Waals surface area contributed by atoms with Gasteiger partial charge in [0.05, 0.1) is 18.8 Å². The van der Waals surface area contributed by atoms with Crippen molar-refractivity contribution in [3.8, 4) is 0 Å². The largest absolute Gasteiger partial charge is 0.450 e. The van der Waals surface area contributed by atoms with Crippen molar-refractivity contribution in [2.24, 2.45) is 10.7 Å². The van der Waals surface area contributed by atoms with Crippen molar-refractivity contribution >= 4 is 36.0 Å². The van der Waals surface area contributed by atoms with Gasteiger partial charge in [0, 0.05) is 31.1 Å². The number of amides is 1. The Balaban J connectivity index is 0.00000338. The Labute approximate surface area is 171 Å². The van der Waals surface area contributed by atoms with Crippen molar-refractivity contribution < 1.29 is 14.1 Å². The monoisotopic (exact) mass is 479 g/mol. The maximum atomic E-state index is 11.7. The van der Waals surface area contributed by atoms with Crippen LogP contribution in [0.25, 0.3) is 0 Å². The number of piperidine rings is 1. The van der Waals surface area contributed by atoms with Gasteiger partial charge in [0.15, 0.2) is 5.96 Å². The maximum absolute atomic E-state index is 11.7. The summed E-state index contributed by atoms with van der Waals surface area (Å²) in [4.78, 5) is 17.9. The number of aromatic nitrogens is 1. The summed E-state index contributed by atoms with van der Waals surface area (Å²) < 4.78 is 10.4. The Morgan fingerprint density at radius 1 is 1.35 bits per heavy atom. The van der Waals surface area contributed by atoms with Crippen molar-refractivity contribution in [3.05, 3.63) is 17.0 Å². The molecule has 2 heterocycles. The molecule has 9 heteroatoms. The number of ether oxygens (including phenoxy) is 1. The first-order chi connectivity index (χ1) is 12.1.